The molecule has 0 aliphatic rings. The van der Waals surface area contributed by atoms with Gasteiger partial charge in [0.15, 0.2) is 0 Å². The average Bonchev–Trinajstić information content (AvgIpc) is 2.73. The lowest BCUT2D eigenvalue weighted by atomic mass is 10.2. The van der Waals surface area contributed by atoms with Crippen molar-refractivity contribution in [2.24, 2.45) is 7.05 Å². The molecule has 6 heteroatoms. The zero-order chi connectivity index (χ0) is 13.1. The number of nitrogens with zero attached hydrogens (tertiary/aromatic N) is 3. The molecule has 0 bridgehead atoms. The number of aromatic nitrogens is 2. The molecule has 0 saturated heterocycles. The van der Waals surface area contributed by atoms with E-state index in [1.165, 1.54) is 0 Å². The second kappa shape index (κ2) is 4.87. The van der Waals surface area contributed by atoms with Gasteiger partial charge in [-0.15, -0.1) is 0 Å². The molecule has 94 valence electrons. The predicted octanol–water partition coefficient (Wildman–Crippen LogP) is 2.25. The minimum absolute atomic E-state index is 0.130. The molecule has 0 saturated carbocycles. The standard InChI is InChI=1S/C12H14N4O2/c1-9-3-4-10(7-12(9)16(17)18)13-8-11-5-6-14-15(11)2/h3-7,13H,8H2,1-2H3. The molecule has 1 N–H and O–H groups in total. The quantitative estimate of drug-likeness (QED) is 0.663. The molecular formula is C12H14N4O2. The van der Waals surface area contributed by atoms with Crippen LogP contribution in [0.15, 0.2) is 30.5 Å². The highest BCUT2D eigenvalue weighted by Crippen LogP contribution is 2.22. The molecule has 2 rings (SSSR count). The van der Waals surface area contributed by atoms with Crippen LogP contribution in [0.25, 0.3) is 0 Å². The fourth-order valence-electron chi connectivity index (χ4n) is 1.68. The highest BCUT2D eigenvalue weighted by Gasteiger charge is 2.10. The van der Waals surface area contributed by atoms with Crippen molar-refractivity contribution >= 4 is 11.4 Å². The molecule has 2 aromatic rings. The van der Waals surface area contributed by atoms with E-state index in [0.717, 1.165) is 11.4 Å². The van der Waals surface area contributed by atoms with Gasteiger partial charge in [-0.25, -0.2) is 0 Å². The lowest BCUT2D eigenvalue weighted by Gasteiger charge is -2.07. The summed E-state index contributed by atoms with van der Waals surface area (Å²) in [5.74, 6) is 0. The fraction of sp³-hybridized carbons (Fsp3) is 0.250. The lowest BCUT2D eigenvalue weighted by Crippen LogP contribution is -2.05. The van der Waals surface area contributed by atoms with Crippen LogP contribution in [0.4, 0.5) is 11.4 Å². The molecule has 0 radical (unpaired) electrons. The summed E-state index contributed by atoms with van der Waals surface area (Å²) in [6, 6.07) is 7.02. The van der Waals surface area contributed by atoms with Gasteiger partial charge >= 0.3 is 0 Å². The Balaban J connectivity index is 2.13. The van der Waals surface area contributed by atoms with Crippen LogP contribution in [0.2, 0.25) is 0 Å². The van der Waals surface area contributed by atoms with E-state index in [2.05, 4.69) is 10.4 Å². The SMILES string of the molecule is Cc1ccc(NCc2ccnn2C)cc1[N+](=O)[O-]. The Morgan fingerprint density at radius 2 is 2.22 bits per heavy atom. The summed E-state index contributed by atoms with van der Waals surface area (Å²) in [5, 5.41) is 18.0. The number of benzene rings is 1. The molecule has 1 heterocycles. The number of nitro groups is 1. The molecule has 0 aliphatic carbocycles. The van der Waals surface area contributed by atoms with E-state index in [0.29, 0.717) is 12.1 Å². The normalized spacial score (nSPS) is 10.3. The maximum absolute atomic E-state index is 10.8. The Hall–Kier alpha value is -2.37. The van der Waals surface area contributed by atoms with Gasteiger partial charge in [0.1, 0.15) is 0 Å². The number of nitro benzene ring substituents is 1. The first kappa shape index (κ1) is 12.1. The Labute approximate surface area is 104 Å². The van der Waals surface area contributed by atoms with Gasteiger partial charge in [-0.05, 0) is 19.1 Å². The number of hydrogen-bond acceptors (Lipinski definition) is 4. The van der Waals surface area contributed by atoms with Crippen LogP contribution in [-0.2, 0) is 13.6 Å². The smallest absolute Gasteiger partial charge is 0.274 e. The third-order valence-electron chi connectivity index (χ3n) is 2.80. The van der Waals surface area contributed by atoms with Crippen molar-refractivity contribution in [3.8, 4) is 0 Å². The van der Waals surface area contributed by atoms with Crippen molar-refractivity contribution in [1.29, 1.82) is 0 Å². The fourth-order valence-corrected chi connectivity index (χ4v) is 1.68. The molecule has 18 heavy (non-hydrogen) atoms. The number of nitrogens with one attached hydrogen (secondary N) is 1. The third-order valence-corrected chi connectivity index (χ3v) is 2.80. The van der Waals surface area contributed by atoms with Gasteiger partial charge in [0.25, 0.3) is 5.69 Å². The van der Waals surface area contributed by atoms with E-state index in [9.17, 15) is 10.1 Å². The zero-order valence-electron chi connectivity index (χ0n) is 10.3. The first-order valence-electron chi connectivity index (χ1n) is 5.53. The van der Waals surface area contributed by atoms with Gasteiger partial charge in [0.05, 0.1) is 17.2 Å². The van der Waals surface area contributed by atoms with Gasteiger partial charge in [-0.3, -0.25) is 14.8 Å². The van der Waals surface area contributed by atoms with Crippen molar-refractivity contribution in [1.82, 2.24) is 9.78 Å². The van der Waals surface area contributed by atoms with E-state index < -0.39 is 0 Å². The van der Waals surface area contributed by atoms with Crippen LogP contribution >= 0.6 is 0 Å². The van der Waals surface area contributed by atoms with Crippen LogP contribution < -0.4 is 5.32 Å². The Morgan fingerprint density at radius 1 is 1.44 bits per heavy atom. The molecule has 0 amide bonds. The first-order chi connectivity index (χ1) is 8.58. The van der Waals surface area contributed by atoms with Gasteiger partial charge in [-0.1, -0.05) is 6.07 Å². The van der Waals surface area contributed by atoms with Crippen molar-refractivity contribution in [3.05, 3.63) is 51.8 Å². The molecule has 1 aromatic carbocycles. The van der Waals surface area contributed by atoms with Crippen LogP contribution in [0.3, 0.4) is 0 Å². The summed E-state index contributed by atoms with van der Waals surface area (Å²) in [7, 11) is 1.86. The third kappa shape index (κ3) is 2.48. The van der Waals surface area contributed by atoms with E-state index in [1.54, 1.807) is 29.9 Å². The average molecular weight is 246 g/mol. The van der Waals surface area contributed by atoms with Gasteiger partial charge in [-0.2, -0.15) is 5.10 Å². The van der Waals surface area contributed by atoms with Crippen LogP contribution in [0.5, 0.6) is 0 Å². The summed E-state index contributed by atoms with van der Waals surface area (Å²) >= 11 is 0. The van der Waals surface area contributed by atoms with Gasteiger partial charge in [0.2, 0.25) is 0 Å². The number of aryl methyl sites for hydroxylation is 2. The van der Waals surface area contributed by atoms with E-state index >= 15 is 0 Å². The molecule has 1 aromatic heterocycles. The predicted molar refractivity (Wildman–Crippen MR) is 68.4 cm³/mol. The Morgan fingerprint density at radius 3 is 2.83 bits per heavy atom. The van der Waals surface area contributed by atoms with E-state index in [1.807, 2.05) is 19.2 Å². The molecule has 0 fully saturated rings. The Kier molecular flexibility index (Phi) is 3.27. The minimum atomic E-state index is -0.370. The second-order valence-electron chi connectivity index (χ2n) is 4.06. The molecule has 0 aliphatic heterocycles. The van der Waals surface area contributed by atoms with Crippen LogP contribution in [-0.4, -0.2) is 14.7 Å². The van der Waals surface area contributed by atoms with Crippen LogP contribution in [0, 0.1) is 17.0 Å². The number of rotatable bonds is 4. The van der Waals surface area contributed by atoms with E-state index in [-0.39, 0.29) is 10.6 Å². The Bertz CT molecular complexity index is 577. The lowest BCUT2D eigenvalue weighted by molar-refractivity contribution is -0.385. The largest absolute Gasteiger partial charge is 0.379 e. The summed E-state index contributed by atoms with van der Waals surface area (Å²) in [6.45, 7) is 2.31. The highest BCUT2D eigenvalue weighted by atomic mass is 16.6. The second-order valence-corrected chi connectivity index (χ2v) is 4.06. The highest BCUT2D eigenvalue weighted by molar-refractivity contribution is 5.54. The van der Waals surface area contributed by atoms with Gasteiger partial charge < -0.3 is 5.32 Å². The summed E-state index contributed by atoms with van der Waals surface area (Å²) in [4.78, 5) is 10.5. The van der Waals surface area contributed by atoms with Crippen molar-refractivity contribution in [2.75, 3.05) is 5.32 Å². The molecular weight excluding hydrogens is 232 g/mol. The summed E-state index contributed by atoms with van der Waals surface area (Å²) in [5.41, 5.74) is 2.53. The number of anilines is 1. The number of hydrogen-bond donors (Lipinski definition) is 1. The molecule has 0 unspecified atom stereocenters. The monoisotopic (exact) mass is 246 g/mol. The van der Waals surface area contributed by atoms with Crippen molar-refractivity contribution in [3.63, 3.8) is 0 Å². The van der Waals surface area contributed by atoms with E-state index in [4.69, 9.17) is 0 Å². The topological polar surface area (TPSA) is 73.0 Å². The molecule has 0 spiro atoms. The summed E-state index contributed by atoms with van der Waals surface area (Å²) in [6.07, 6.45) is 1.72. The first-order valence-corrected chi connectivity index (χ1v) is 5.53. The maximum Gasteiger partial charge on any atom is 0.274 e. The maximum atomic E-state index is 10.8. The minimum Gasteiger partial charge on any atom is -0.379 e. The molecule has 0 atom stereocenters. The zero-order valence-corrected chi connectivity index (χ0v) is 10.3. The van der Waals surface area contributed by atoms with Crippen LogP contribution in [0.1, 0.15) is 11.3 Å². The van der Waals surface area contributed by atoms with Crippen molar-refractivity contribution < 1.29 is 4.92 Å². The molecule has 6 nitrogen and oxygen atoms in total. The summed E-state index contributed by atoms with van der Waals surface area (Å²) < 4.78 is 1.76. The van der Waals surface area contributed by atoms with Crippen molar-refractivity contribution in [2.45, 2.75) is 13.5 Å². The van der Waals surface area contributed by atoms with Gasteiger partial charge in [0, 0.05) is 30.6 Å².